The van der Waals surface area contributed by atoms with Gasteiger partial charge in [-0.05, 0) is 43.7 Å². The van der Waals surface area contributed by atoms with Crippen molar-refractivity contribution in [2.24, 2.45) is 0 Å². The summed E-state index contributed by atoms with van der Waals surface area (Å²) < 4.78 is 0. The molecule has 3 N–H and O–H groups in total. The first-order valence-corrected chi connectivity index (χ1v) is 10.3. The summed E-state index contributed by atoms with van der Waals surface area (Å²) in [4.78, 5) is 32.8. The molecule has 0 atom stereocenters. The van der Waals surface area contributed by atoms with Crippen LogP contribution in [0.2, 0.25) is 0 Å². The highest BCUT2D eigenvalue weighted by molar-refractivity contribution is 5.89. The number of urea groups is 1. The number of rotatable bonds is 7. The number of nitrogens with one attached hydrogen (secondary N) is 3. The van der Waals surface area contributed by atoms with Crippen LogP contribution in [0.3, 0.4) is 0 Å². The Bertz CT molecular complexity index is 817. The lowest BCUT2D eigenvalue weighted by atomic mass is 10.2. The molecule has 3 amide bonds. The van der Waals surface area contributed by atoms with Crippen LogP contribution in [0.15, 0.2) is 48.7 Å². The lowest BCUT2D eigenvalue weighted by Gasteiger charge is -2.34. The van der Waals surface area contributed by atoms with E-state index in [4.69, 9.17) is 0 Å². The molecule has 160 valence electrons. The van der Waals surface area contributed by atoms with Gasteiger partial charge in [0.2, 0.25) is 5.91 Å². The summed E-state index contributed by atoms with van der Waals surface area (Å²) in [6, 6.07) is 13.2. The maximum Gasteiger partial charge on any atom is 0.319 e. The minimum atomic E-state index is -0.228. The number of nitrogens with zero attached hydrogens (tertiary/aromatic N) is 3. The average molecular weight is 411 g/mol. The van der Waals surface area contributed by atoms with Crippen molar-refractivity contribution >= 4 is 23.4 Å². The van der Waals surface area contributed by atoms with Gasteiger partial charge in [-0.1, -0.05) is 18.2 Å². The van der Waals surface area contributed by atoms with E-state index in [1.54, 1.807) is 6.20 Å². The van der Waals surface area contributed by atoms with E-state index in [2.05, 4.69) is 30.7 Å². The van der Waals surface area contributed by atoms with Gasteiger partial charge in [0.25, 0.3) is 0 Å². The Labute approximate surface area is 177 Å². The van der Waals surface area contributed by atoms with Crippen LogP contribution in [0, 0.1) is 0 Å². The quantitative estimate of drug-likeness (QED) is 0.650. The van der Waals surface area contributed by atoms with Gasteiger partial charge in [-0.2, -0.15) is 0 Å². The number of pyridine rings is 1. The van der Waals surface area contributed by atoms with Crippen LogP contribution in [0.1, 0.15) is 19.4 Å². The molecule has 0 radical (unpaired) electrons. The summed E-state index contributed by atoms with van der Waals surface area (Å²) in [6.07, 6.45) is 1.80. The minimum absolute atomic E-state index is 0.0137. The van der Waals surface area contributed by atoms with Crippen molar-refractivity contribution in [2.75, 3.05) is 42.9 Å². The Kier molecular flexibility index (Phi) is 7.62. The summed E-state index contributed by atoms with van der Waals surface area (Å²) in [5.74, 6) is 1.00. The van der Waals surface area contributed by atoms with Crippen molar-refractivity contribution in [1.29, 1.82) is 0 Å². The van der Waals surface area contributed by atoms with Crippen LogP contribution in [-0.4, -0.2) is 60.6 Å². The summed E-state index contributed by atoms with van der Waals surface area (Å²) in [6.45, 7) is 8.08. The van der Waals surface area contributed by atoms with E-state index in [1.807, 2.05) is 56.3 Å². The summed E-state index contributed by atoms with van der Waals surface area (Å²) in [7, 11) is 0. The largest absolute Gasteiger partial charge is 0.354 e. The zero-order valence-corrected chi connectivity index (χ0v) is 17.6. The van der Waals surface area contributed by atoms with Crippen LogP contribution >= 0.6 is 0 Å². The molecule has 0 saturated carbocycles. The molecule has 8 heteroatoms. The van der Waals surface area contributed by atoms with Gasteiger partial charge in [0.1, 0.15) is 5.82 Å². The van der Waals surface area contributed by atoms with E-state index < -0.39 is 0 Å². The third-order valence-electron chi connectivity index (χ3n) is 4.83. The second-order valence-electron chi connectivity index (χ2n) is 7.68. The van der Waals surface area contributed by atoms with Gasteiger partial charge in [-0.3, -0.25) is 9.69 Å². The summed E-state index contributed by atoms with van der Waals surface area (Å²) in [5.41, 5.74) is 1.70. The van der Waals surface area contributed by atoms with Crippen LogP contribution in [-0.2, 0) is 11.3 Å². The highest BCUT2D eigenvalue weighted by atomic mass is 16.2. The van der Waals surface area contributed by atoms with Crippen molar-refractivity contribution < 1.29 is 9.59 Å². The number of hydrogen-bond donors (Lipinski definition) is 3. The number of carbonyl (C=O) groups is 2. The fourth-order valence-electron chi connectivity index (χ4n) is 3.27. The summed E-state index contributed by atoms with van der Waals surface area (Å²) >= 11 is 0. The lowest BCUT2D eigenvalue weighted by Crippen LogP contribution is -2.49. The van der Waals surface area contributed by atoms with Gasteiger partial charge in [0.15, 0.2) is 0 Å². The van der Waals surface area contributed by atoms with Gasteiger partial charge in [-0.15, -0.1) is 0 Å². The monoisotopic (exact) mass is 410 g/mol. The molecule has 0 unspecified atom stereocenters. The molecule has 2 heterocycles. The number of hydrogen-bond acceptors (Lipinski definition) is 5. The van der Waals surface area contributed by atoms with Crippen molar-refractivity contribution in [1.82, 2.24) is 20.5 Å². The predicted molar refractivity (Wildman–Crippen MR) is 118 cm³/mol. The molecule has 30 heavy (non-hydrogen) atoms. The van der Waals surface area contributed by atoms with Crippen LogP contribution < -0.4 is 20.9 Å². The van der Waals surface area contributed by atoms with E-state index in [1.165, 1.54) is 0 Å². The minimum Gasteiger partial charge on any atom is -0.354 e. The first kappa shape index (κ1) is 21.6. The molecule has 1 aliphatic rings. The van der Waals surface area contributed by atoms with Gasteiger partial charge < -0.3 is 20.9 Å². The smallest absolute Gasteiger partial charge is 0.319 e. The van der Waals surface area contributed by atoms with Crippen molar-refractivity contribution in [3.8, 4) is 0 Å². The standard InChI is InChI=1S/C22H30N6O2/c1-17(2)25-22(30)26-19-8-6-18(7-9-19)15-24-21(29)16-27-11-13-28(14-12-27)20-5-3-4-10-23-20/h3-10,17H,11-16H2,1-2H3,(H,24,29)(H2,25,26,30). The fraction of sp³-hybridized carbons (Fsp3) is 0.409. The zero-order valence-electron chi connectivity index (χ0n) is 17.6. The van der Waals surface area contributed by atoms with Crippen molar-refractivity contribution in [3.63, 3.8) is 0 Å². The molecule has 1 saturated heterocycles. The maximum absolute atomic E-state index is 12.3. The van der Waals surface area contributed by atoms with Crippen LogP contribution in [0.5, 0.6) is 0 Å². The SMILES string of the molecule is CC(C)NC(=O)Nc1ccc(CNC(=O)CN2CCN(c3ccccn3)CC2)cc1. The molecule has 8 nitrogen and oxygen atoms in total. The van der Waals surface area contributed by atoms with Crippen molar-refractivity contribution in [2.45, 2.75) is 26.4 Å². The lowest BCUT2D eigenvalue weighted by molar-refractivity contribution is -0.122. The molecule has 0 bridgehead atoms. The van der Waals surface area contributed by atoms with E-state index in [-0.39, 0.29) is 18.0 Å². The van der Waals surface area contributed by atoms with Gasteiger partial charge in [-0.25, -0.2) is 9.78 Å². The van der Waals surface area contributed by atoms with Gasteiger partial charge in [0.05, 0.1) is 6.54 Å². The van der Waals surface area contributed by atoms with Crippen LogP contribution in [0.25, 0.3) is 0 Å². The summed E-state index contributed by atoms with van der Waals surface area (Å²) in [5, 5.41) is 8.53. The molecular weight excluding hydrogens is 380 g/mol. The second kappa shape index (κ2) is 10.6. The average Bonchev–Trinajstić information content (AvgIpc) is 2.74. The van der Waals surface area contributed by atoms with Crippen LogP contribution in [0.4, 0.5) is 16.3 Å². The molecule has 1 fully saturated rings. The normalized spacial score (nSPS) is 14.4. The Hall–Kier alpha value is -3.13. The van der Waals surface area contributed by atoms with Gasteiger partial charge >= 0.3 is 6.03 Å². The molecule has 0 spiro atoms. The molecule has 1 aromatic heterocycles. The molecular formula is C22H30N6O2. The fourth-order valence-corrected chi connectivity index (χ4v) is 3.27. The molecule has 0 aliphatic carbocycles. The predicted octanol–water partition coefficient (Wildman–Crippen LogP) is 2.05. The van der Waals surface area contributed by atoms with E-state index in [9.17, 15) is 9.59 Å². The topological polar surface area (TPSA) is 89.6 Å². The Balaban J connectivity index is 1.37. The maximum atomic E-state index is 12.3. The first-order valence-electron chi connectivity index (χ1n) is 10.3. The molecule has 1 aromatic carbocycles. The number of carbonyl (C=O) groups excluding carboxylic acids is 2. The third-order valence-corrected chi connectivity index (χ3v) is 4.83. The molecule has 3 rings (SSSR count). The van der Waals surface area contributed by atoms with Crippen molar-refractivity contribution in [3.05, 3.63) is 54.2 Å². The Morgan fingerprint density at radius 1 is 1.03 bits per heavy atom. The number of amides is 3. The highest BCUT2D eigenvalue weighted by Crippen LogP contribution is 2.12. The molecule has 2 aromatic rings. The zero-order chi connectivity index (χ0) is 21.3. The third kappa shape index (κ3) is 6.73. The number of benzene rings is 1. The first-order chi connectivity index (χ1) is 14.5. The van der Waals surface area contributed by atoms with Gasteiger partial charge in [0, 0.05) is 50.6 Å². The number of aromatic nitrogens is 1. The van der Waals surface area contributed by atoms with E-state index in [0.717, 1.165) is 37.6 Å². The number of anilines is 2. The highest BCUT2D eigenvalue weighted by Gasteiger charge is 2.19. The Morgan fingerprint density at radius 2 is 1.77 bits per heavy atom. The number of piperazine rings is 1. The van der Waals surface area contributed by atoms with E-state index >= 15 is 0 Å². The molecule has 1 aliphatic heterocycles. The van der Waals surface area contributed by atoms with E-state index in [0.29, 0.717) is 18.8 Å². The second-order valence-corrected chi connectivity index (χ2v) is 7.68. The Morgan fingerprint density at radius 3 is 2.40 bits per heavy atom.